The van der Waals surface area contributed by atoms with Crippen molar-refractivity contribution in [2.75, 3.05) is 56.0 Å². The number of hydrogen-bond donors (Lipinski definition) is 2. The summed E-state index contributed by atoms with van der Waals surface area (Å²) in [5.74, 6) is 0.458. The van der Waals surface area contributed by atoms with Gasteiger partial charge in [-0.05, 0) is 24.3 Å². The summed E-state index contributed by atoms with van der Waals surface area (Å²) in [6.45, 7) is 4.42. The van der Waals surface area contributed by atoms with Crippen molar-refractivity contribution in [3.05, 3.63) is 48.3 Å². The zero-order valence-electron chi connectivity index (χ0n) is 15.8. The van der Waals surface area contributed by atoms with E-state index in [1.54, 1.807) is 18.5 Å². The number of amides is 1. The van der Waals surface area contributed by atoms with Crippen molar-refractivity contribution in [3.8, 4) is 0 Å². The maximum Gasteiger partial charge on any atom is 0.416 e. The minimum absolute atomic E-state index is 0.0829. The summed E-state index contributed by atoms with van der Waals surface area (Å²) in [7, 11) is 0. The van der Waals surface area contributed by atoms with E-state index in [-0.39, 0.29) is 18.1 Å². The molecule has 7 nitrogen and oxygen atoms in total. The van der Waals surface area contributed by atoms with Gasteiger partial charge in [-0.25, -0.2) is 9.97 Å². The molecule has 1 aromatic heterocycles. The van der Waals surface area contributed by atoms with Crippen LogP contribution in [0.1, 0.15) is 5.56 Å². The van der Waals surface area contributed by atoms with Gasteiger partial charge in [-0.3, -0.25) is 9.69 Å². The fourth-order valence-corrected chi connectivity index (χ4v) is 3.03. The molecule has 1 aliphatic heterocycles. The minimum Gasteiger partial charge on any atom is -0.376 e. The average Bonchev–Trinajstić information content (AvgIpc) is 2.73. The summed E-state index contributed by atoms with van der Waals surface area (Å²) in [6, 6.07) is 6.57. The van der Waals surface area contributed by atoms with Crippen LogP contribution in [0.5, 0.6) is 0 Å². The zero-order valence-corrected chi connectivity index (χ0v) is 15.8. The second kappa shape index (κ2) is 9.55. The van der Waals surface area contributed by atoms with Gasteiger partial charge in [0.25, 0.3) is 0 Å². The molecule has 1 fully saturated rings. The third-order valence-corrected chi connectivity index (χ3v) is 4.60. The van der Waals surface area contributed by atoms with E-state index >= 15 is 0 Å². The van der Waals surface area contributed by atoms with Gasteiger partial charge in [0.15, 0.2) is 0 Å². The highest BCUT2D eigenvalue weighted by molar-refractivity contribution is 5.80. The number of aromatic nitrogens is 2. The molecule has 29 heavy (non-hydrogen) atoms. The molecule has 1 aromatic carbocycles. The predicted molar refractivity (Wildman–Crippen MR) is 104 cm³/mol. The standard InChI is InChI=1S/C19H23F3N6O/c20-19(21,22)15-3-1-4-16(13-15)26-14-17(29)23-7-8-27-9-11-28(12-10-27)18-24-5-2-6-25-18/h1-6,13,26H,7-12,14H2,(H,23,29). The van der Waals surface area contributed by atoms with E-state index in [2.05, 4.69) is 30.4 Å². The van der Waals surface area contributed by atoms with Crippen molar-refractivity contribution in [1.29, 1.82) is 0 Å². The maximum absolute atomic E-state index is 12.7. The zero-order chi connectivity index (χ0) is 20.7. The number of carbonyl (C=O) groups excluding carboxylic acids is 1. The number of rotatable bonds is 7. The second-order valence-corrected chi connectivity index (χ2v) is 6.66. The van der Waals surface area contributed by atoms with Crippen molar-refractivity contribution in [3.63, 3.8) is 0 Å². The van der Waals surface area contributed by atoms with Crippen molar-refractivity contribution in [2.24, 2.45) is 0 Å². The van der Waals surface area contributed by atoms with Gasteiger partial charge in [0.2, 0.25) is 11.9 Å². The molecule has 10 heteroatoms. The van der Waals surface area contributed by atoms with Crippen molar-refractivity contribution in [2.45, 2.75) is 6.18 Å². The molecule has 1 aliphatic rings. The SMILES string of the molecule is O=C(CNc1cccc(C(F)(F)F)c1)NCCN1CCN(c2ncccn2)CC1. The molecule has 156 valence electrons. The molecule has 1 saturated heterocycles. The number of halogens is 3. The van der Waals surface area contributed by atoms with E-state index in [0.717, 1.165) is 44.3 Å². The number of hydrogen-bond acceptors (Lipinski definition) is 6. The van der Waals surface area contributed by atoms with Crippen LogP contribution in [0.15, 0.2) is 42.7 Å². The molecule has 1 amide bonds. The van der Waals surface area contributed by atoms with Gasteiger partial charge in [-0.15, -0.1) is 0 Å². The lowest BCUT2D eigenvalue weighted by Crippen LogP contribution is -2.49. The molecule has 0 unspecified atom stereocenters. The summed E-state index contributed by atoms with van der Waals surface area (Å²) in [5, 5.41) is 5.51. The van der Waals surface area contributed by atoms with Crippen molar-refractivity contribution in [1.82, 2.24) is 20.2 Å². The smallest absolute Gasteiger partial charge is 0.376 e. The Morgan fingerprint density at radius 2 is 1.79 bits per heavy atom. The van der Waals surface area contributed by atoms with Crippen LogP contribution in [0, 0.1) is 0 Å². The van der Waals surface area contributed by atoms with E-state index in [4.69, 9.17) is 0 Å². The summed E-state index contributed by atoms with van der Waals surface area (Å²) in [5.41, 5.74) is -0.489. The highest BCUT2D eigenvalue weighted by Crippen LogP contribution is 2.30. The Bertz CT molecular complexity index is 794. The number of anilines is 2. The van der Waals surface area contributed by atoms with Gasteiger partial charge in [-0.1, -0.05) is 6.07 Å². The maximum atomic E-state index is 12.7. The fraction of sp³-hybridized carbons (Fsp3) is 0.421. The lowest BCUT2D eigenvalue weighted by molar-refractivity contribution is -0.137. The normalized spacial score (nSPS) is 15.2. The monoisotopic (exact) mass is 408 g/mol. The fourth-order valence-electron chi connectivity index (χ4n) is 3.03. The number of nitrogens with one attached hydrogen (secondary N) is 2. The Kier molecular flexibility index (Phi) is 6.86. The van der Waals surface area contributed by atoms with E-state index in [0.29, 0.717) is 13.1 Å². The van der Waals surface area contributed by atoms with E-state index < -0.39 is 11.7 Å². The van der Waals surface area contributed by atoms with Crippen molar-refractivity contribution < 1.29 is 18.0 Å². The highest BCUT2D eigenvalue weighted by atomic mass is 19.4. The van der Waals surface area contributed by atoms with Crippen LogP contribution in [-0.4, -0.2) is 66.6 Å². The number of alkyl halides is 3. The topological polar surface area (TPSA) is 73.4 Å². The summed E-state index contributed by atoms with van der Waals surface area (Å²) in [4.78, 5) is 24.8. The number of benzene rings is 1. The molecule has 2 aromatic rings. The largest absolute Gasteiger partial charge is 0.416 e. The predicted octanol–water partition coefficient (Wildman–Crippen LogP) is 1.85. The molecule has 0 spiro atoms. The molecular weight excluding hydrogens is 385 g/mol. The molecule has 0 radical (unpaired) electrons. The average molecular weight is 408 g/mol. The summed E-state index contributed by atoms with van der Waals surface area (Å²) < 4.78 is 38.1. The van der Waals surface area contributed by atoms with Crippen LogP contribution in [0.2, 0.25) is 0 Å². The quantitative estimate of drug-likeness (QED) is 0.729. The van der Waals surface area contributed by atoms with E-state index in [9.17, 15) is 18.0 Å². The molecule has 0 aliphatic carbocycles. The van der Waals surface area contributed by atoms with Crippen LogP contribution in [0.4, 0.5) is 24.8 Å². The van der Waals surface area contributed by atoms with E-state index in [1.165, 1.54) is 12.1 Å². The number of piperazine rings is 1. The Hall–Kier alpha value is -2.88. The molecule has 0 saturated carbocycles. The third kappa shape index (κ3) is 6.31. The Morgan fingerprint density at radius 1 is 1.07 bits per heavy atom. The van der Waals surface area contributed by atoms with Gasteiger partial charge < -0.3 is 15.5 Å². The van der Waals surface area contributed by atoms with Gasteiger partial charge >= 0.3 is 6.18 Å². The molecule has 3 rings (SSSR count). The Morgan fingerprint density at radius 3 is 2.48 bits per heavy atom. The minimum atomic E-state index is -4.41. The van der Waals surface area contributed by atoms with Crippen LogP contribution in [0.25, 0.3) is 0 Å². The van der Waals surface area contributed by atoms with Gasteiger partial charge in [0.05, 0.1) is 12.1 Å². The lowest BCUT2D eigenvalue weighted by atomic mass is 10.2. The molecule has 0 atom stereocenters. The van der Waals surface area contributed by atoms with E-state index in [1.807, 2.05) is 0 Å². The molecule has 2 heterocycles. The number of carbonyl (C=O) groups is 1. The Labute approximate surface area is 166 Å². The van der Waals surface area contributed by atoms with Gasteiger partial charge in [0, 0.05) is 57.3 Å². The molecule has 2 N–H and O–H groups in total. The lowest BCUT2D eigenvalue weighted by Gasteiger charge is -2.34. The van der Waals surface area contributed by atoms with Crippen molar-refractivity contribution >= 4 is 17.5 Å². The first-order valence-electron chi connectivity index (χ1n) is 9.34. The molecular formula is C19H23F3N6O. The van der Waals surface area contributed by atoms with Crippen LogP contribution >= 0.6 is 0 Å². The first-order chi connectivity index (χ1) is 13.9. The highest BCUT2D eigenvalue weighted by Gasteiger charge is 2.30. The van der Waals surface area contributed by atoms with Gasteiger partial charge in [-0.2, -0.15) is 13.2 Å². The first-order valence-corrected chi connectivity index (χ1v) is 9.34. The van der Waals surface area contributed by atoms with Crippen LogP contribution in [0.3, 0.4) is 0 Å². The first kappa shape index (κ1) is 20.8. The molecule has 0 bridgehead atoms. The Balaban J connectivity index is 1.34. The number of nitrogens with zero attached hydrogens (tertiary/aromatic N) is 4. The van der Waals surface area contributed by atoms with Gasteiger partial charge in [0.1, 0.15) is 0 Å². The van der Waals surface area contributed by atoms with Crippen LogP contribution in [-0.2, 0) is 11.0 Å². The summed E-state index contributed by atoms with van der Waals surface area (Å²) in [6.07, 6.45) is -0.966. The summed E-state index contributed by atoms with van der Waals surface area (Å²) >= 11 is 0. The second-order valence-electron chi connectivity index (χ2n) is 6.66. The third-order valence-electron chi connectivity index (χ3n) is 4.60. The van der Waals surface area contributed by atoms with Crippen LogP contribution < -0.4 is 15.5 Å².